The van der Waals surface area contributed by atoms with E-state index in [1.807, 2.05) is 6.92 Å². The number of aromatic nitrogens is 1. The molecule has 5 nitrogen and oxygen atoms in total. The first-order valence-electron chi connectivity index (χ1n) is 7.14. The molecule has 1 saturated heterocycles. The van der Waals surface area contributed by atoms with Crippen LogP contribution < -0.4 is 11.1 Å². The Morgan fingerprint density at radius 1 is 1.60 bits per heavy atom. The highest BCUT2D eigenvalue weighted by molar-refractivity contribution is 7.15. The van der Waals surface area contributed by atoms with Crippen molar-refractivity contribution in [3.05, 3.63) is 10.6 Å². The fourth-order valence-electron chi connectivity index (χ4n) is 2.60. The highest BCUT2D eigenvalue weighted by Gasteiger charge is 2.33. The molecule has 0 aromatic carbocycles. The van der Waals surface area contributed by atoms with Crippen LogP contribution >= 0.6 is 11.3 Å². The first-order chi connectivity index (χ1) is 9.45. The third-order valence-electron chi connectivity index (χ3n) is 3.97. The van der Waals surface area contributed by atoms with E-state index < -0.39 is 0 Å². The lowest BCUT2D eigenvalue weighted by atomic mass is 9.90. The Morgan fingerprint density at radius 3 is 2.90 bits per heavy atom. The second kappa shape index (κ2) is 6.20. The quantitative estimate of drug-likeness (QED) is 0.866. The fraction of sp³-hybridized carbons (Fsp3) is 0.714. The second-order valence-corrected chi connectivity index (χ2v) is 7.10. The molecule has 1 fully saturated rings. The summed E-state index contributed by atoms with van der Waals surface area (Å²) in [6.07, 6.45) is 1.96. The summed E-state index contributed by atoms with van der Waals surface area (Å²) in [5, 5.41) is 3.62. The number of hydrogen-bond acceptors (Lipinski definition) is 5. The Labute approximate surface area is 124 Å². The maximum atomic E-state index is 12.1. The van der Waals surface area contributed by atoms with Gasteiger partial charge in [-0.3, -0.25) is 9.69 Å². The van der Waals surface area contributed by atoms with Crippen molar-refractivity contribution < 1.29 is 4.79 Å². The van der Waals surface area contributed by atoms with Crippen LogP contribution in [0.15, 0.2) is 0 Å². The lowest BCUT2D eigenvalue weighted by Gasteiger charge is -2.22. The van der Waals surface area contributed by atoms with Gasteiger partial charge in [0.05, 0.1) is 12.2 Å². The van der Waals surface area contributed by atoms with Crippen LogP contribution in [-0.2, 0) is 11.2 Å². The highest BCUT2D eigenvalue weighted by atomic mass is 32.1. The van der Waals surface area contributed by atoms with E-state index >= 15 is 0 Å². The lowest BCUT2D eigenvalue weighted by molar-refractivity contribution is -0.117. The number of carbonyl (C=O) groups is 1. The SMILES string of the molecule is CCc1nc(NC(=O)CN2CCC(C)(CN)C2)sc1C. The standard InChI is InChI=1S/C14H24N4OS/c1-4-11-10(2)20-13(16-11)17-12(19)7-18-6-5-14(3,8-15)9-18/h4-9,15H2,1-3H3,(H,16,17,19). The molecule has 1 aliphatic heterocycles. The molecule has 1 atom stereocenters. The van der Waals surface area contributed by atoms with Gasteiger partial charge in [0.15, 0.2) is 5.13 Å². The van der Waals surface area contributed by atoms with Crippen molar-refractivity contribution in [3.63, 3.8) is 0 Å². The van der Waals surface area contributed by atoms with Gasteiger partial charge >= 0.3 is 0 Å². The predicted molar refractivity (Wildman–Crippen MR) is 83.1 cm³/mol. The number of hydrogen-bond donors (Lipinski definition) is 2. The van der Waals surface area contributed by atoms with Gasteiger partial charge in [0, 0.05) is 11.4 Å². The maximum Gasteiger partial charge on any atom is 0.240 e. The summed E-state index contributed by atoms with van der Waals surface area (Å²) in [4.78, 5) is 19.8. The Hall–Kier alpha value is -0.980. The first kappa shape index (κ1) is 15.4. The molecular formula is C14H24N4OS. The molecule has 2 heterocycles. The third-order valence-corrected chi connectivity index (χ3v) is 4.90. The molecule has 0 radical (unpaired) electrons. The zero-order valence-corrected chi connectivity index (χ0v) is 13.3. The van der Waals surface area contributed by atoms with Gasteiger partial charge in [0.25, 0.3) is 0 Å². The van der Waals surface area contributed by atoms with Gasteiger partial charge in [-0.15, -0.1) is 11.3 Å². The number of nitrogens with zero attached hydrogens (tertiary/aromatic N) is 2. The molecule has 1 aromatic heterocycles. The van der Waals surface area contributed by atoms with Gasteiger partial charge in [-0.05, 0) is 38.3 Å². The smallest absolute Gasteiger partial charge is 0.240 e. The Bertz CT molecular complexity index is 488. The van der Waals surface area contributed by atoms with Gasteiger partial charge in [0.1, 0.15) is 0 Å². The minimum atomic E-state index is 0.0164. The van der Waals surface area contributed by atoms with Crippen molar-refractivity contribution in [2.24, 2.45) is 11.1 Å². The maximum absolute atomic E-state index is 12.1. The average molecular weight is 296 g/mol. The van der Waals surface area contributed by atoms with Crippen LogP contribution in [0.5, 0.6) is 0 Å². The first-order valence-corrected chi connectivity index (χ1v) is 7.96. The number of nitrogens with two attached hydrogens (primary N) is 1. The zero-order chi connectivity index (χ0) is 14.8. The molecule has 20 heavy (non-hydrogen) atoms. The fourth-order valence-corrected chi connectivity index (χ4v) is 3.52. The van der Waals surface area contributed by atoms with E-state index in [1.165, 1.54) is 4.88 Å². The normalized spacial score (nSPS) is 23.2. The van der Waals surface area contributed by atoms with Crippen LogP contribution in [0.2, 0.25) is 0 Å². The number of carbonyl (C=O) groups excluding carboxylic acids is 1. The summed E-state index contributed by atoms with van der Waals surface area (Å²) in [5.41, 5.74) is 7.02. The molecule has 0 spiro atoms. The molecule has 3 N–H and O–H groups in total. The van der Waals surface area contributed by atoms with Crippen LogP contribution in [0.1, 0.15) is 30.8 Å². The largest absolute Gasteiger partial charge is 0.330 e. The number of nitrogens with one attached hydrogen (secondary N) is 1. The van der Waals surface area contributed by atoms with Gasteiger partial charge in [0.2, 0.25) is 5.91 Å². The van der Waals surface area contributed by atoms with Crippen LogP contribution in [0.4, 0.5) is 5.13 Å². The molecule has 1 unspecified atom stereocenters. The number of aryl methyl sites for hydroxylation is 2. The highest BCUT2D eigenvalue weighted by Crippen LogP contribution is 2.28. The van der Waals surface area contributed by atoms with E-state index in [4.69, 9.17) is 5.73 Å². The van der Waals surface area contributed by atoms with Gasteiger partial charge in [-0.2, -0.15) is 0 Å². The second-order valence-electron chi connectivity index (χ2n) is 5.90. The van der Waals surface area contributed by atoms with Gasteiger partial charge < -0.3 is 11.1 Å². The summed E-state index contributed by atoms with van der Waals surface area (Å²) >= 11 is 1.55. The van der Waals surface area contributed by atoms with Crippen LogP contribution in [-0.4, -0.2) is 42.0 Å². The summed E-state index contributed by atoms with van der Waals surface area (Å²) in [5.74, 6) is 0.0164. The molecule has 112 valence electrons. The monoisotopic (exact) mass is 296 g/mol. The van der Waals surface area contributed by atoms with Crippen molar-refractivity contribution in [3.8, 4) is 0 Å². The number of rotatable bonds is 5. The van der Waals surface area contributed by atoms with Crippen molar-refractivity contribution in [2.45, 2.75) is 33.6 Å². The Kier molecular flexibility index (Phi) is 4.78. The van der Waals surface area contributed by atoms with Gasteiger partial charge in [-0.1, -0.05) is 13.8 Å². The van der Waals surface area contributed by atoms with Crippen molar-refractivity contribution in [2.75, 3.05) is 31.5 Å². The van der Waals surface area contributed by atoms with E-state index in [0.717, 1.165) is 31.6 Å². The topological polar surface area (TPSA) is 71.2 Å². The number of amides is 1. The van der Waals surface area contributed by atoms with E-state index in [9.17, 15) is 4.79 Å². The molecule has 1 amide bonds. The molecule has 2 rings (SSSR count). The minimum absolute atomic E-state index is 0.0164. The van der Waals surface area contributed by atoms with E-state index in [-0.39, 0.29) is 11.3 Å². The predicted octanol–water partition coefficient (Wildman–Crippen LogP) is 1.62. The number of likely N-dealkylation sites (tertiary alicyclic amines) is 1. The molecule has 0 aliphatic carbocycles. The van der Waals surface area contributed by atoms with E-state index in [0.29, 0.717) is 18.2 Å². The molecule has 0 saturated carbocycles. The third kappa shape index (κ3) is 3.56. The van der Waals surface area contributed by atoms with Crippen molar-refractivity contribution in [1.82, 2.24) is 9.88 Å². The lowest BCUT2D eigenvalue weighted by Crippen LogP contribution is -2.35. The van der Waals surface area contributed by atoms with Crippen LogP contribution in [0.3, 0.4) is 0 Å². The molecule has 6 heteroatoms. The van der Waals surface area contributed by atoms with Crippen LogP contribution in [0, 0.1) is 12.3 Å². The molecule has 1 aliphatic rings. The Balaban J connectivity index is 1.87. The van der Waals surface area contributed by atoms with Gasteiger partial charge in [-0.25, -0.2) is 4.98 Å². The summed E-state index contributed by atoms with van der Waals surface area (Å²) in [6, 6.07) is 0. The number of thiazole rings is 1. The Morgan fingerprint density at radius 2 is 2.35 bits per heavy atom. The molecular weight excluding hydrogens is 272 g/mol. The summed E-state index contributed by atoms with van der Waals surface area (Å²) in [6.45, 7) is 9.24. The summed E-state index contributed by atoms with van der Waals surface area (Å²) in [7, 11) is 0. The molecule has 0 bridgehead atoms. The minimum Gasteiger partial charge on any atom is -0.330 e. The molecule has 1 aromatic rings. The number of anilines is 1. The zero-order valence-electron chi connectivity index (χ0n) is 12.5. The van der Waals surface area contributed by atoms with Crippen molar-refractivity contribution in [1.29, 1.82) is 0 Å². The average Bonchev–Trinajstić information content (AvgIpc) is 2.93. The van der Waals surface area contributed by atoms with Crippen molar-refractivity contribution >= 4 is 22.4 Å². The summed E-state index contributed by atoms with van der Waals surface area (Å²) < 4.78 is 0. The van der Waals surface area contributed by atoms with E-state index in [2.05, 4.69) is 29.0 Å². The van der Waals surface area contributed by atoms with Crippen LogP contribution in [0.25, 0.3) is 0 Å². The van der Waals surface area contributed by atoms with E-state index in [1.54, 1.807) is 11.3 Å².